The summed E-state index contributed by atoms with van der Waals surface area (Å²) in [4.78, 5) is 4.61. The maximum Gasteiger partial charge on any atom is 0.222 e. The van der Waals surface area contributed by atoms with Crippen LogP contribution in [-0.2, 0) is 6.54 Å². The summed E-state index contributed by atoms with van der Waals surface area (Å²) in [7, 11) is 1.65. The Morgan fingerprint density at radius 3 is 3.00 bits per heavy atom. The zero-order valence-electron chi connectivity index (χ0n) is 12.8. The Bertz CT molecular complexity index is 1030. The fraction of sp³-hybridized carbons (Fsp3) is 0.125. The molecule has 4 rings (SSSR count). The lowest BCUT2D eigenvalue weighted by atomic mass is 10.2. The molecule has 0 unspecified atom stereocenters. The van der Waals surface area contributed by atoms with Crippen molar-refractivity contribution in [3.63, 3.8) is 0 Å². The second kappa shape index (κ2) is 5.93. The monoisotopic (exact) mass is 340 g/mol. The van der Waals surface area contributed by atoms with Crippen molar-refractivity contribution in [1.82, 2.24) is 25.0 Å². The van der Waals surface area contributed by atoms with Gasteiger partial charge in [-0.25, -0.2) is 4.98 Å². The van der Waals surface area contributed by atoms with E-state index < -0.39 is 0 Å². The van der Waals surface area contributed by atoms with Crippen molar-refractivity contribution >= 4 is 34.1 Å². The summed E-state index contributed by atoms with van der Waals surface area (Å²) in [6, 6.07) is 13.2. The SMILES string of the molecule is COc1cccc(CNc2nc3ccc(Cl)cc3n3nnnc23)c1. The summed E-state index contributed by atoms with van der Waals surface area (Å²) in [5, 5.41) is 15.7. The van der Waals surface area contributed by atoms with E-state index in [4.69, 9.17) is 16.3 Å². The molecule has 2 aromatic carbocycles. The average molecular weight is 341 g/mol. The van der Waals surface area contributed by atoms with E-state index in [0.717, 1.165) is 22.3 Å². The highest BCUT2D eigenvalue weighted by molar-refractivity contribution is 6.31. The van der Waals surface area contributed by atoms with E-state index in [0.29, 0.717) is 23.0 Å². The van der Waals surface area contributed by atoms with Crippen LogP contribution in [0.1, 0.15) is 5.56 Å². The minimum absolute atomic E-state index is 0.549. The lowest BCUT2D eigenvalue weighted by Gasteiger charge is -2.09. The van der Waals surface area contributed by atoms with Gasteiger partial charge >= 0.3 is 0 Å². The molecule has 0 saturated heterocycles. The van der Waals surface area contributed by atoms with E-state index in [1.54, 1.807) is 23.8 Å². The smallest absolute Gasteiger partial charge is 0.222 e. The van der Waals surface area contributed by atoms with Crippen molar-refractivity contribution in [2.45, 2.75) is 6.54 Å². The Kier molecular flexibility index (Phi) is 3.62. The molecule has 0 aliphatic rings. The molecule has 0 radical (unpaired) electrons. The number of hydrogen-bond acceptors (Lipinski definition) is 6. The zero-order chi connectivity index (χ0) is 16.5. The van der Waals surface area contributed by atoms with Gasteiger partial charge < -0.3 is 10.1 Å². The van der Waals surface area contributed by atoms with Gasteiger partial charge in [-0.05, 0) is 46.3 Å². The number of anilines is 1. The summed E-state index contributed by atoms with van der Waals surface area (Å²) < 4.78 is 6.87. The van der Waals surface area contributed by atoms with Gasteiger partial charge in [-0.3, -0.25) is 0 Å². The number of nitrogens with one attached hydrogen (secondary N) is 1. The predicted molar refractivity (Wildman–Crippen MR) is 91.4 cm³/mol. The quantitative estimate of drug-likeness (QED) is 0.615. The Morgan fingerprint density at radius 1 is 1.21 bits per heavy atom. The number of benzene rings is 2. The Balaban J connectivity index is 1.72. The summed E-state index contributed by atoms with van der Waals surface area (Å²) in [6.07, 6.45) is 0. The van der Waals surface area contributed by atoms with Crippen molar-refractivity contribution < 1.29 is 4.74 Å². The number of nitrogens with zero attached hydrogens (tertiary/aromatic N) is 5. The Labute approximate surface area is 142 Å². The molecule has 0 bridgehead atoms. The van der Waals surface area contributed by atoms with Gasteiger partial charge in [0, 0.05) is 11.6 Å². The Morgan fingerprint density at radius 2 is 2.12 bits per heavy atom. The fourth-order valence-corrected chi connectivity index (χ4v) is 2.68. The van der Waals surface area contributed by atoms with Crippen LogP contribution in [-0.4, -0.2) is 32.1 Å². The van der Waals surface area contributed by atoms with Crippen molar-refractivity contribution in [1.29, 1.82) is 0 Å². The van der Waals surface area contributed by atoms with Crippen LogP contribution in [0.15, 0.2) is 42.5 Å². The maximum absolute atomic E-state index is 6.06. The van der Waals surface area contributed by atoms with Gasteiger partial charge in [-0.1, -0.05) is 23.7 Å². The molecule has 1 N–H and O–H groups in total. The zero-order valence-corrected chi connectivity index (χ0v) is 13.5. The van der Waals surface area contributed by atoms with Gasteiger partial charge in [0.1, 0.15) is 5.75 Å². The maximum atomic E-state index is 6.06. The van der Waals surface area contributed by atoms with Gasteiger partial charge in [0.2, 0.25) is 5.65 Å². The Hall–Kier alpha value is -2.93. The number of rotatable bonds is 4. The molecule has 2 aromatic heterocycles. The largest absolute Gasteiger partial charge is 0.497 e. The van der Waals surface area contributed by atoms with Crippen LogP contribution in [0.3, 0.4) is 0 Å². The first-order valence-corrected chi connectivity index (χ1v) is 7.66. The lowest BCUT2D eigenvalue weighted by Crippen LogP contribution is -2.05. The topological polar surface area (TPSA) is 77.2 Å². The molecule has 0 saturated carbocycles. The van der Waals surface area contributed by atoms with E-state index >= 15 is 0 Å². The van der Waals surface area contributed by atoms with Crippen molar-refractivity contribution in [3.05, 3.63) is 53.1 Å². The molecular formula is C16H13ClN6O. The van der Waals surface area contributed by atoms with Crippen molar-refractivity contribution in [2.75, 3.05) is 12.4 Å². The lowest BCUT2D eigenvalue weighted by molar-refractivity contribution is 0.414. The van der Waals surface area contributed by atoms with Crippen molar-refractivity contribution in [2.24, 2.45) is 0 Å². The number of fused-ring (bicyclic) bond motifs is 3. The minimum atomic E-state index is 0.549. The standard InChI is InChI=1S/C16H13ClN6O/c1-24-12-4-2-3-10(7-12)9-18-15-16-20-21-22-23(16)14-8-11(17)5-6-13(14)19-15/h2-8H,9H2,1H3,(H,18,19). The molecule has 120 valence electrons. The van der Waals surface area contributed by atoms with Gasteiger partial charge in [0.15, 0.2) is 5.82 Å². The van der Waals surface area contributed by atoms with E-state index in [-0.39, 0.29) is 0 Å². The molecule has 0 aliphatic heterocycles. The first-order valence-electron chi connectivity index (χ1n) is 7.29. The summed E-state index contributed by atoms with van der Waals surface area (Å²) in [5.74, 6) is 1.42. The minimum Gasteiger partial charge on any atom is -0.497 e. The van der Waals surface area contributed by atoms with Gasteiger partial charge in [0.25, 0.3) is 0 Å². The molecule has 0 atom stereocenters. The third-order valence-electron chi connectivity index (χ3n) is 3.67. The predicted octanol–water partition coefficient (Wildman–Crippen LogP) is 2.95. The van der Waals surface area contributed by atoms with E-state index in [1.165, 1.54) is 0 Å². The molecule has 24 heavy (non-hydrogen) atoms. The normalized spacial score (nSPS) is 11.1. The number of ether oxygens (including phenoxy) is 1. The third-order valence-corrected chi connectivity index (χ3v) is 3.91. The summed E-state index contributed by atoms with van der Waals surface area (Å²) in [5.41, 5.74) is 3.13. The van der Waals surface area contributed by atoms with E-state index in [9.17, 15) is 0 Å². The average Bonchev–Trinajstić information content (AvgIpc) is 3.10. The van der Waals surface area contributed by atoms with Crippen LogP contribution >= 0.6 is 11.6 Å². The molecule has 0 fully saturated rings. The number of hydrogen-bond donors (Lipinski definition) is 1. The summed E-state index contributed by atoms with van der Waals surface area (Å²) in [6.45, 7) is 0.575. The molecule has 2 heterocycles. The molecule has 7 nitrogen and oxygen atoms in total. The number of halogens is 1. The molecule has 8 heteroatoms. The van der Waals surface area contributed by atoms with E-state index in [2.05, 4.69) is 25.8 Å². The first-order chi connectivity index (χ1) is 11.7. The van der Waals surface area contributed by atoms with Crippen LogP contribution < -0.4 is 10.1 Å². The third kappa shape index (κ3) is 2.59. The number of methoxy groups -OCH3 is 1. The molecule has 0 amide bonds. The fourth-order valence-electron chi connectivity index (χ4n) is 2.52. The van der Waals surface area contributed by atoms with Crippen LogP contribution in [0.4, 0.5) is 5.82 Å². The number of aromatic nitrogens is 5. The first kappa shape index (κ1) is 14.6. The molecular weight excluding hydrogens is 328 g/mol. The van der Waals surface area contributed by atoms with Crippen molar-refractivity contribution in [3.8, 4) is 5.75 Å². The summed E-state index contributed by atoms with van der Waals surface area (Å²) >= 11 is 6.06. The molecule has 0 spiro atoms. The highest BCUT2D eigenvalue weighted by atomic mass is 35.5. The highest BCUT2D eigenvalue weighted by Crippen LogP contribution is 2.23. The second-order valence-electron chi connectivity index (χ2n) is 5.21. The van der Waals surface area contributed by atoms with Gasteiger partial charge in [-0.2, -0.15) is 4.52 Å². The van der Waals surface area contributed by atoms with Crippen LogP contribution in [0.5, 0.6) is 5.75 Å². The van der Waals surface area contributed by atoms with Crippen LogP contribution in [0, 0.1) is 0 Å². The number of tetrazole rings is 1. The highest BCUT2D eigenvalue weighted by Gasteiger charge is 2.12. The molecule has 0 aliphatic carbocycles. The van der Waals surface area contributed by atoms with E-state index in [1.807, 2.05) is 30.3 Å². The second-order valence-corrected chi connectivity index (χ2v) is 5.65. The van der Waals surface area contributed by atoms with Crippen LogP contribution in [0.2, 0.25) is 5.02 Å². The van der Waals surface area contributed by atoms with Gasteiger partial charge in [0.05, 0.1) is 18.1 Å². The molecule has 4 aromatic rings. The van der Waals surface area contributed by atoms with Gasteiger partial charge in [-0.15, -0.1) is 5.10 Å². The van der Waals surface area contributed by atoms with Crippen LogP contribution in [0.25, 0.3) is 16.7 Å².